The minimum atomic E-state index is 0.627. The van der Waals surface area contributed by atoms with Crippen LogP contribution in [-0.2, 0) is 0 Å². The molecule has 0 saturated carbocycles. The van der Waals surface area contributed by atoms with Gasteiger partial charge in [-0.15, -0.1) is 0 Å². The molecule has 1 aliphatic carbocycles. The van der Waals surface area contributed by atoms with Crippen LogP contribution in [0.25, 0.3) is 0 Å². The van der Waals surface area contributed by atoms with Crippen LogP contribution in [0.4, 0.5) is 5.69 Å². The van der Waals surface area contributed by atoms with Gasteiger partial charge in [-0.25, -0.2) is 0 Å². The third-order valence-corrected chi connectivity index (χ3v) is 5.30. The van der Waals surface area contributed by atoms with E-state index in [1.54, 1.807) is 0 Å². The Hall–Kier alpha value is -1.51. The van der Waals surface area contributed by atoms with E-state index in [4.69, 9.17) is 4.99 Å². The molecule has 0 fully saturated rings. The van der Waals surface area contributed by atoms with E-state index < -0.39 is 0 Å². The maximum Gasteiger partial charge on any atom is 0.200 e. The molecule has 0 atom stereocenters. The number of anilines is 1. The summed E-state index contributed by atoms with van der Waals surface area (Å²) in [4.78, 5) is 5.19. The molecule has 0 saturated heterocycles. The van der Waals surface area contributed by atoms with Crippen LogP contribution >= 0.6 is 0 Å². The summed E-state index contributed by atoms with van der Waals surface area (Å²) in [6.45, 7) is 8.49. The molecular weight excluding hydrogens is 315 g/mol. The lowest BCUT2D eigenvalue weighted by Crippen LogP contribution is -2.30. The molecule has 26 heavy (non-hydrogen) atoms. The summed E-state index contributed by atoms with van der Waals surface area (Å²) in [5.74, 6) is 0. The number of nitrogens with one attached hydrogen (secondary N) is 1. The normalized spacial score (nSPS) is 15.3. The maximum atomic E-state index is 5.19. The van der Waals surface area contributed by atoms with Crippen molar-refractivity contribution in [3.05, 3.63) is 41.6 Å². The predicted molar refractivity (Wildman–Crippen MR) is 119 cm³/mol. The number of unbranched alkanes of at least 4 members (excludes halogenated alkanes) is 1. The number of aliphatic imine (C=N–C) groups is 1. The highest BCUT2D eigenvalue weighted by molar-refractivity contribution is 6.93. The molecule has 1 N–H and O–H groups in total. The third-order valence-electron chi connectivity index (χ3n) is 5.30. The predicted octanol–water partition coefficient (Wildman–Crippen LogP) is 7.02. The van der Waals surface area contributed by atoms with Crippen LogP contribution in [0.15, 0.2) is 46.6 Å². The van der Waals surface area contributed by atoms with E-state index in [9.17, 15) is 0 Å². The number of nitrogens with zero attached hydrogens (tertiary/aromatic N) is 1. The number of hydrogen-bond acceptors (Lipinski definition) is 2. The molecule has 0 amide bonds. The molecule has 0 spiro atoms. The molecule has 1 aromatic carbocycles. The number of hydrogen-bond donors (Lipinski definition) is 1. The fraction of sp³-hybridized carbons (Fsp3) is 0.609. The van der Waals surface area contributed by atoms with E-state index in [2.05, 4.69) is 56.4 Å². The van der Waals surface area contributed by atoms with E-state index in [1.807, 2.05) is 0 Å². The van der Waals surface area contributed by atoms with Crippen molar-refractivity contribution in [3.8, 4) is 0 Å². The van der Waals surface area contributed by atoms with Crippen molar-refractivity contribution in [2.45, 2.75) is 84.8 Å². The van der Waals surface area contributed by atoms with Crippen LogP contribution in [0.2, 0.25) is 12.6 Å². The lowest BCUT2D eigenvalue weighted by Gasteiger charge is -2.26. The zero-order chi connectivity index (χ0) is 18.6. The Morgan fingerprint density at radius 3 is 2.31 bits per heavy atom. The summed E-state index contributed by atoms with van der Waals surface area (Å²) >= 11 is 0. The minimum Gasteiger partial charge on any atom is -0.359 e. The first kappa shape index (κ1) is 20.8. The molecule has 3 heteroatoms. The summed E-state index contributed by atoms with van der Waals surface area (Å²) in [7, 11) is 0. The third kappa shape index (κ3) is 6.34. The van der Waals surface area contributed by atoms with Crippen LogP contribution in [0.3, 0.4) is 0 Å². The van der Waals surface area contributed by atoms with Crippen molar-refractivity contribution in [3.63, 3.8) is 0 Å². The first-order valence-corrected chi connectivity index (χ1v) is 10.9. The zero-order valence-electron chi connectivity index (χ0n) is 17.2. The monoisotopic (exact) mass is 352 g/mol. The van der Waals surface area contributed by atoms with Gasteiger partial charge >= 0.3 is 0 Å². The molecule has 0 bridgehead atoms. The lowest BCUT2D eigenvalue weighted by molar-refractivity contribution is 0.690. The van der Waals surface area contributed by atoms with Gasteiger partial charge in [-0.05, 0) is 49.8 Å². The Kier molecular flexibility index (Phi) is 9.59. The van der Waals surface area contributed by atoms with Gasteiger partial charge in [0, 0.05) is 23.5 Å². The highest BCUT2D eigenvalue weighted by Crippen LogP contribution is 2.29. The minimum absolute atomic E-state index is 0.627. The van der Waals surface area contributed by atoms with Gasteiger partial charge in [0.2, 0.25) is 0 Å². The van der Waals surface area contributed by atoms with Crippen LogP contribution in [0, 0.1) is 0 Å². The van der Waals surface area contributed by atoms with Crippen LogP contribution in [0.5, 0.6) is 0 Å². The molecule has 0 radical (unpaired) electrons. The van der Waals surface area contributed by atoms with Crippen LogP contribution in [0.1, 0.15) is 72.1 Å². The molecule has 0 aliphatic heterocycles. The Labute approximate surface area is 161 Å². The second-order valence-electron chi connectivity index (χ2n) is 7.55. The van der Waals surface area contributed by atoms with Crippen molar-refractivity contribution >= 4 is 18.0 Å². The van der Waals surface area contributed by atoms with Crippen LogP contribution < -0.4 is 5.32 Å². The van der Waals surface area contributed by atoms with Crippen molar-refractivity contribution in [2.75, 3.05) is 11.9 Å². The topological polar surface area (TPSA) is 24.4 Å². The van der Waals surface area contributed by atoms with E-state index in [-0.39, 0.29) is 0 Å². The second-order valence-corrected chi connectivity index (χ2v) is 7.55. The van der Waals surface area contributed by atoms with Gasteiger partial charge in [-0.1, -0.05) is 70.9 Å². The molecule has 142 valence electrons. The van der Waals surface area contributed by atoms with Gasteiger partial charge in [-0.2, -0.15) is 0 Å². The van der Waals surface area contributed by atoms with Gasteiger partial charge in [-0.3, -0.25) is 4.99 Å². The summed E-state index contributed by atoms with van der Waals surface area (Å²) < 4.78 is 0. The van der Waals surface area contributed by atoms with E-state index >= 15 is 0 Å². The van der Waals surface area contributed by atoms with Crippen molar-refractivity contribution in [1.82, 2.24) is 0 Å². The van der Waals surface area contributed by atoms with Crippen LogP contribution in [-0.4, -0.2) is 18.9 Å². The molecular formula is C23H37BN2. The molecule has 2 rings (SSSR count). The molecule has 0 heterocycles. The Morgan fingerprint density at radius 2 is 1.65 bits per heavy atom. The Balaban J connectivity index is 2.34. The lowest BCUT2D eigenvalue weighted by atomic mass is 9.39. The fourth-order valence-electron chi connectivity index (χ4n) is 3.96. The van der Waals surface area contributed by atoms with Gasteiger partial charge in [0.25, 0.3) is 0 Å². The van der Waals surface area contributed by atoms with Crippen molar-refractivity contribution in [1.29, 1.82) is 0 Å². The SMILES string of the molecule is CCCCN=C(B(CCC)CCC)C1=C(Nc2ccccc2)CCCC1. The summed E-state index contributed by atoms with van der Waals surface area (Å²) in [5.41, 5.74) is 5.59. The molecule has 1 aliphatic rings. The number of para-hydroxylation sites is 1. The first-order chi connectivity index (χ1) is 12.8. The van der Waals surface area contributed by atoms with Gasteiger partial charge in [0.1, 0.15) is 0 Å². The highest BCUT2D eigenvalue weighted by atomic mass is 14.9. The van der Waals surface area contributed by atoms with Gasteiger partial charge < -0.3 is 5.32 Å². The van der Waals surface area contributed by atoms with E-state index in [0.29, 0.717) is 6.71 Å². The van der Waals surface area contributed by atoms with Gasteiger partial charge in [0.15, 0.2) is 6.71 Å². The summed E-state index contributed by atoms with van der Waals surface area (Å²) in [6.07, 6.45) is 12.4. The number of benzene rings is 1. The Morgan fingerprint density at radius 1 is 0.962 bits per heavy atom. The quantitative estimate of drug-likeness (QED) is 0.258. The second kappa shape index (κ2) is 12.0. The molecule has 0 unspecified atom stereocenters. The van der Waals surface area contributed by atoms with Gasteiger partial charge in [0.05, 0.1) is 0 Å². The van der Waals surface area contributed by atoms with Crippen molar-refractivity contribution in [2.24, 2.45) is 4.99 Å². The van der Waals surface area contributed by atoms with E-state index in [1.165, 1.54) is 80.2 Å². The smallest absolute Gasteiger partial charge is 0.200 e. The van der Waals surface area contributed by atoms with E-state index in [0.717, 1.165) is 13.0 Å². The number of rotatable bonds is 11. The zero-order valence-corrected chi connectivity index (χ0v) is 17.2. The maximum absolute atomic E-state index is 5.19. The molecule has 0 aromatic heterocycles. The highest BCUT2D eigenvalue weighted by Gasteiger charge is 2.26. The summed E-state index contributed by atoms with van der Waals surface area (Å²) in [5, 5.41) is 3.74. The summed E-state index contributed by atoms with van der Waals surface area (Å²) in [6, 6.07) is 10.6. The first-order valence-electron chi connectivity index (χ1n) is 10.9. The fourth-order valence-corrected chi connectivity index (χ4v) is 3.96. The number of allylic oxidation sites excluding steroid dienone is 2. The Bertz CT molecular complexity index is 571. The van der Waals surface area contributed by atoms with Crippen molar-refractivity contribution < 1.29 is 0 Å². The average molecular weight is 352 g/mol. The average Bonchev–Trinajstić information content (AvgIpc) is 2.67. The molecule has 1 aromatic rings. The standard InChI is InChI=1S/C23H37BN2/c1-4-7-19-25-23(24(17-5-2)18-6-3)21-15-11-12-16-22(21)26-20-13-9-8-10-14-20/h8-10,13-14,26H,4-7,11-12,15-19H2,1-3H3. The largest absolute Gasteiger partial charge is 0.359 e. The molecule has 2 nitrogen and oxygen atoms in total.